The zero-order valence-corrected chi connectivity index (χ0v) is 7.42. The normalized spacial score (nSPS) is 22.1. The maximum atomic E-state index is 8.30. The Bertz CT molecular complexity index is 179. The second-order valence-electron chi connectivity index (χ2n) is 3.26. The first-order valence-electron chi connectivity index (χ1n) is 4.66. The molecule has 66 valence electrons. The molecule has 0 fully saturated rings. The number of nitrogens with one attached hydrogen (secondary N) is 1. The van der Waals surface area contributed by atoms with Crippen LogP contribution in [-0.2, 0) is 0 Å². The molecule has 0 aromatic carbocycles. The van der Waals surface area contributed by atoms with E-state index in [-0.39, 0.29) is 0 Å². The lowest BCUT2D eigenvalue weighted by atomic mass is 9.94. The highest BCUT2D eigenvalue weighted by Gasteiger charge is 2.07. The van der Waals surface area contributed by atoms with E-state index in [1.54, 1.807) is 0 Å². The van der Waals surface area contributed by atoms with Gasteiger partial charge in [0.15, 0.2) is 0 Å². The molecule has 1 N–H and O–H groups in total. The van der Waals surface area contributed by atoms with E-state index in [9.17, 15) is 0 Å². The van der Waals surface area contributed by atoms with Gasteiger partial charge in [0.05, 0.1) is 6.07 Å². The lowest BCUT2D eigenvalue weighted by Crippen LogP contribution is -2.24. The van der Waals surface area contributed by atoms with Crippen molar-refractivity contribution in [3.63, 3.8) is 0 Å². The summed E-state index contributed by atoms with van der Waals surface area (Å²) in [7, 11) is 0. The van der Waals surface area contributed by atoms with Crippen molar-refractivity contribution in [2.24, 2.45) is 5.92 Å². The molecule has 1 atom stereocenters. The Kier molecular flexibility index (Phi) is 4.48. The van der Waals surface area contributed by atoms with E-state index >= 15 is 0 Å². The second kappa shape index (κ2) is 5.79. The average molecular weight is 164 g/mol. The van der Waals surface area contributed by atoms with Gasteiger partial charge in [-0.15, -0.1) is 0 Å². The van der Waals surface area contributed by atoms with E-state index in [0.717, 1.165) is 19.0 Å². The van der Waals surface area contributed by atoms with Gasteiger partial charge in [0, 0.05) is 13.0 Å². The predicted octanol–water partition coefficient (Wildman–Crippen LogP) is 1.85. The standard InChI is InChI=1S/C10H16N2/c11-7-4-8-12-9-10-5-2-1-3-6-10/h1-2,10,12H,3-6,8-9H2. The fourth-order valence-electron chi connectivity index (χ4n) is 1.49. The molecule has 1 rings (SSSR count). The highest BCUT2D eigenvalue weighted by molar-refractivity contribution is 4.90. The number of rotatable bonds is 4. The fraction of sp³-hybridized carbons (Fsp3) is 0.700. The molecular weight excluding hydrogens is 148 g/mol. The van der Waals surface area contributed by atoms with Crippen LogP contribution in [0.2, 0.25) is 0 Å². The fourth-order valence-corrected chi connectivity index (χ4v) is 1.49. The van der Waals surface area contributed by atoms with E-state index < -0.39 is 0 Å². The van der Waals surface area contributed by atoms with Gasteiger partial charge in [-0.1, -0.05) is 12.2 Å². The van der Waals surface area contributed by atoms with Crippen LogP contribution in [-0.4, -0.2) is 13.1 Å². The minimum atomic E-state index is 0.628. The summed E-state index contributed by atoms with van der Waals surface area (Å²) < 4.78 is 0. The van der Waals surface area contributed by atoms with Crippen molar-refractivity contribution in [3.05, 3.63) is 12.2 Å². The number of hydrogen-bond donors (Lipinski definition) is 1. The summed E-state index contributed by atoms with van der Waals surface area (Å²) in [5.74, 6) is 0.800. The molecule has 0 aromatic heterocycles. The molecule has 0 saturated heterocycles. The van der Waals surface area contributed by atoms with Gasteiger partial charge >= 0.3 is 0 Å². The molecule has 0 amide bonds. The third-order valence-corrected chi connectivity index (χ3v) is 2.22. The third-order valence-electron chi connectivity index (χ3n) is 2.22. The largest absolute Gasteiger partial charge is 0.315 e. The van der Waals surface area contributed by atoms with Crippen molar-refractivity contribution in [2.45, 2.75) is 25.7 Å². The number of hydrogen-bond acceptors (Lipinski definition) is 2. The minimum Gasteiger partial charge on any atom is -0.315 e. The van der Waals surface area contributed by atoms with Gasteiger partial charge in [0.1, 0.15) is 0 Å². The smallest absolute Gasteiger partial charge is 0.0635 e. The summed E-state index contributed by atoms with van der Waals surface area (Å²) in [6, 6.07) is 2.13. The summed E-state index contributed by atoms with van der Waals surface area (Å²) >= 11 is 0. The van der Waals surface area contributed by atoms with Crippen LogP contribution in [0.15, 0.2) is 12.2 Å². The van der Waals surface area contributed by atoms with E-state index in [4.69, 9.17) is 5.26 Å². The SMILES string of the molecule is N#CCCNCC1CC=CCC1. The average Bonchev–Trinajstić information content (AvgIpc) is 2.14. The lowest BCUT2D eigenvalue weighted by Gasteiger charge is -2.17. The highest BCUT2D eigenvalue weighted by Crippen LogP contribution is 2.16. The van der Waals surface area contributed by atoms with Crippen LogP contribution in [0.1, 0.15) is 25.7 Å². The van der Waals surface area contributed by atoms with Gasteiger partial charge in [0.2, 0.25) is 0 Å². The second-order valence-corrected chi connectivity index (χ2v) is 3.26. The van der Waals surface area contributed by atoms with Gasteiger partial charge in [-0.25, -0.2) is 0 Å². The Balaban J connectivity index is 2.00. The molecule has 1 aliphatic rings. The molecule has 0 spiro atoms. The topological polar surface area (TPSA) is 35.8 Å². The van der Waals surface area contributed by atoms with Gasteiger partial charge in [-0.05, 0) is 31.7 Å². The Morgan fingerprint density at radius 3 is 3.08 bits per heavy atom. The molecule has 2 nitrogen and oxygen atoms in total. The Hall–Kier alpha value is -0.810. The molecule has 1 unspecified atom stereocenters. The summed E-state index contributed by atoms with van der Waals surface area (Å²) in [6.45, 7) is 1.92. The number of nitriles is 1. The van der Waals surface area contributed by atoms with Gasteiger partial charge in [-0.3, -0.25) is 0 Å². The third kappa shape index (κ3) is 3.54. The number of nitrogens with zero attached hydrogens (tertiary/aromatic N) is 1. The molecule has 0 aliphatic heterocycles. The van der Waals surface area contributed by atoms with E-state index in [2.05, 4.69) is 23.5 Å². The summed E-state index contributed by atoms with van der Waals surface area (Å²) in [4.78, 5) is 0. The lowest BCUT2D eigenvalue weighted by molar-refractivity contribution is 0.444. The van der Waals surface area contributed by atoms with Crippen molar-refractivity contribution in [1.29, 1.82) is 5.26 Å². The Morgan fingerprint density at radius 2 is 2.42 bits per heavy atom. The van der Waals surface area contributed by atoms with Crippen molar-refractivity contribution in [2.75, 3.05) is 13.1 Å². The molecule has 0 saturated carbocycles. The van der Waals surface area contributed by atoms with Crippen molar-refractivity contribution in [3.8, 4) is 6.07 Å². The summed E-state index contributed by atoms with van der Waals surface area (Å²) in [5.41, 5.74) is 0. The van der Waals surface area contributed by atoms with Crippen molar-refractivity contribution < 1.29 is 0 Å². The molecular formula is C10H16N2. The molecule has 0 heterocycles. The van der Waals surface area contributed by atoms with E-state index in [1.807, 2.05) is 0 Å². The quantitative estimate of drug-likeness (QED) is 0.508. The minimum absolute atomic E-state index is 0.628. The zero-order chi connectivity index (χ0) is 8.65. The number of allylic oxidation sites excluding steroid dienone is 2. The first-order chi connectivity index (χ1) is 5.93. The van der Waals surface area contributed by atoms with E-state index in [1.165, 1.54) is 19.3 Å². The molecule has 0 bridgehead atoms. The van der Waals surface area contributed by atoms with Gasteiger partial charge in [-0.2, -0.15) is 5.26 Å². The van der Waals surface area contributed by atoms with Crippen LogP contribution in [0.4, 0.5) is 0 Å². The van der Waals surface area contributed by atoms with Gasteiger partial charge < -0.3 is 5.32 Å². The first kappa shape index (κ1) is 9.28. The Labute approximate surface area is 74.3 Å². The van der Waals surface area contributed by atoms with Crippen LogP contribution in [0.25, 0.3) is 0 Å². The summed E-state index contributed by atoms with van der Waals surface area (Å²) in [5, 5.41) is 11.6. The molecule has 0 aromatic rings. The molecule has 0 radical (unpaired) electrons. The van der Waals surface area contributed by atoms with Crippen LogP contribution in [0, 0.1) is 17.2 Å². The molecule has 1 aliphatic carbocycles. The van der Waals surface area contributed by atoms with E-state index in [0.29, 0.717) is 6.42 Å². The van der Waals surface area contributed by atoms with Crippen molar-refractivity contribution >= 4 is 0 Å². The predicted molar refractivity (Wildman–Crippen MR) is 49.6 cm³/mol. The maximum Gasteiger partial charge on any atom is 0.0635 e. The van der Waals surface area contributed by atoms with Crippen LogP contribution >= 0.6 is 0 Å². The van der Waals surface area contributed by atoms with Crippen LogP contribution < -0.4 is 5.32 Å². The first-order valence-corrected chi connectivity index (χ1v) is 4.66. The maximum absolute atomic E-state index is 8.30. The molecule has 12 heavy (non-hydrogen) atoms. The monoisotopic (exact) mass is 164 g/mol. The highest BCUT2D eigenvalue weighted by atomic mass is 14.8. The van der Waals surface area contributed by atoms with Crippen LogP contribution in [0.5, 0.6) is 0 Å². The summed E-state index contributed by atoms with van der Waals surface area (Å²) in [6.07, 6.45) is 8.88. The van der Waals surface area contributed by atoms with Gasteiger partial charge in [0.25, 0.3) is 0 Å². The van der Waals surface area contributed by atoms with Crippen molar-refractivity contribution in [1.82, 2.24) is 5.32 Å². The Morgan fingerprint density at radius 1 is 1.50 bits per heavy atom. The zero-order valence-electron chi connectivity index (χ0n) is 7.42. The molecule has 2 heteroatoms. The van der Waals surface area contributed by atoms with Crippen LogP contribution in [0.3, 0.4) is 0 Å².